The first kappa shape index (κ1) is 16.9. The number of ether oxygens (including phenoxy) is 1. The lowest BCUT2D eigenvalue weighted by Gasteiger charge is -2.49. The normalized spacial score (nSPS) is 30.6. The van der Waals surface area contributed by atoms with E-state index in [2.05, 4.69) is 0 Å². The fourth-order valence-electron chi connectivity index (χ4n) is 2.55. The van der Waals surface area contributed by atoms with Gasteiger partial charge in [-0.25, -0.2) is 5.06 Å². The summed E-state index contributed by atoms with van der Waals surface area (Å²) in [6.45, 7) is 7.05. The average Bonchev–Trinajstić information content (AvgIpc) is 2.45. The fourth-order valence-corrected chi connectivity index (χ4v) is 2.55. The molecule has 0 aliphatic carbocycles. The standard InChI is InChI=1S/C13H24N2O5/c1-6-8(3)10-11(16)15(19)13(20-5,9(4)7-2)12(17)14(10)18/h8-10,18-19H,6-7H2,1-5H3/t8-,9-,10?,13?/m0/s1. The number of rotatable bonds is 5. The van der Waals surface area contributed by atoms with Crippen molar-refractivity contribution >= 4 is 11.8 Å². The smallest absolute Gasteiger partial charge is 0.302 e. The number of nitrogens with zero attached hydrogens (tertiary/aromatic N) is 2. The first-order valence-corrected chi connectivity index (χ1v) is 6.90. The van der Waals surface area contributed by atoms with Crippen molar-refractivity contribution in [1.29, 1.82) is 0 Å². The molecule has 0 aromatic carbocycles. The van der Waals surface area contributed by atoms with E-state index in [-0.39, 0.29) is 5.92 Å². The van der Waals surface area contributed by atoms with Gasteiger partial charge in [-0.05, 0) is 12.3 Å². The summed E-state index contributed by atoms with van der Waals surface area (Å²) in [4.78, 5) is 24.8. The van der Waals surface area contributed by atoms with Gasteiger partial charge in [0.1, 0.15) is 6.04 Å². The van der Waals surface area contributed by atoms with Gasteiger partial charge in [0.25, 0.3) is 11.6 Å². The van der Waals surface area contributed by atoms with Gasteiger partial charge >= 0.3 is 5.91 Å². The summed E-state index contributed by atoms with van der Waals surface area (Å²) in [7, 11) is 1.23. The number of hydrogen-bond donors (Lipinski definition) is 2. The zero-order valence-corrected chi connectivity index (χ0v) is 12.7. The summed E-state index contributed by atoms with van der Waals surface area (Å²) < 4.78 is 5.16. The molecule has 7 heteroatoms. The largest absolute Gasteiger partial charge is 0.349 e. The first-order valence-electron chi connectivity index (χ1n) is 6.90. The molecule has 4 atom stereocenters. The van der Waals surface area contributed by atoms with Crippen molar-refractivity contribution in [3.05, 3.63) is 0 Å². The SMILES string of the molecule is CC[C@H](C)C1C(=O)N(O)C(OC)([C@@H](C)CC)C(=O)N1O. The second kappa shape index (κ2) is 6.07. The van der Waals surface area contributed by atoms with Crippen LogP contribution in [0.1, 0.15) is 40.5 Å². The molecule has 1 fully saturated rings. The van der Waals surface area contributed by atoms with Crippen molar-refractivity contribution in [1.82, 2.24) is 10.1 Å². The highest BCUT2D eigenvalue weighted by atomic mass is 16.6. The van der Waals surface area contributed by atoms with Crippen molar-refractivity contribution in [2.75, 3.05) is 7.11 Å². The predicted octanol–water partition coefficient (Wildman–Crippen LogP) is 1.24. The van der Waals surface area contributed by atoms with Crippen LogP contribution in [0.2, 0.25) is 0 Å². The number of hydrogen-bond acceptors (Lipinski definition) is 5. The number of carbonyl (C=O) groups is 2. The zero-order chi connectivity index (χ0) is 15.7. The molecule has 1 aliphatic heterocycles. The third-order valence-corrected chi connectivity index (χ3v) is 4.33. The summed E-state index contributed by atoms with van der Waals surface area (Å²) in [5.41, 5.74) is -1.87. The molecule has 2 amide bonds. The Labute approximate surface area is 119 Å². The Kier molecular flexibility index (Phi) is 5.12. The van der Waals surface area contributed by atoms with Crippen LogP contribution in [0.25, 0.3) is 0 Å². The molecule has 1 rings (SSSR count). The third-order valence-electron chi connectivity index (χ3n) is 4.33. The number of carbonyl (C=O) groups excluding carboxylic acids is 2. The second-order valence-corrected chi connectivity index (χ2v) is 5.34. The lowest BCUT2D eigenvalue weighted by atomic mass is 9.87. The van der Waals surface area contributed by atoms with Gasteiger partial charge in [-0.15, -0.1) is 0 Å². The second-order valence-electron chi connectivity index (χ2n) is 5.34. The lowest BCUT2D eigenvalue weighted by Crippen LogP contribution is -2.73. The average molecular weight is 288 g/mol. The molecule has 0 spiro atoms. The Morgan fingerprint density at radius 2 is 1.80 bits per heavy atom. The molecule has 0 aromatic heterocycles. The summed E-state index contributed by atoms with van der Waals surface area (Å²) >= 11 is 0. The summed E-state index contributed by atoms with van der Waals surface area (Å²) in [6.07, 6.45) is 1.07. The van der Waals surface area contributed by atoms with Crippen molar-refractivity contribution in [2.45, 2.75) is 52.3 Å². The van der Waals surface area contributed by atoms with Crippen LogP contribution < -0.4 is 0 Å². The molecule has 20 heavy (non-hydrogen) atoms. The maximum absolute atomic E-state index is 12.5. The van der Waals surface area contributed by atoms with Gasteiger partial charge in [0, 0.05) is 13.0 Å². The van der Waals surface area contributed by atoms with Crippen molar-refractivity contribution in [2.24, 2.45) is 11.8 Å². The Morgan fingerprint density at radius 3 is 2.20 bits per heavy atom. The number of amides is 2. The van der Waals surface area contributed by atoms with Gasteiger partial charge in [0.05, 0.1) is 0 Å². The van der Waals surface area contributed by atoms with Gasteiger partial charge in [0.15, 0.2) is 0 Å². The molecule has 2 unspecified atom stereocenters. The van der Waals surface area contributed by atoms with Crippen LogP contribution >= 0.6 is 0 Å². The van der Waals surface area contributed by atoms with E-state index in [4.69, 9.17) is 4.74 Å². The molecule has 0 bridgehead atoms. The molecule has 1 heterocycles. The quantitative estimate of drug-likeness (QED) is 0.743. The van der Waals surface area contributed by atoms with Crippen LogP contribution in [0, 0.1) is 11.8 Å². The molecule has 2 N–H and O–H groups in total. The van der Waals surface area contributed by atoms with E-state index in [0.29, 0.717) is 23.0 Å². The van der Waals surface area contributed by atoms with Crippen LogP contribution in [0.3, 0.4) is 0 Å². The van der Waals surface area contributed by atoms with Crippen LogP contribution in [0.4, 0.5) is 0 Å². The van der Waals surface area contributed by atoms with Gasteiger partial charge in [-0.1, -0.05) is 34.1 Å². The molecule has 116 valence electrons. The van der Waals surface area contributed by atoms with E-state index in [1.807, 2.05) is 6.92 Å². The van der Waals surface area contributed by atoms with Gasteiger partial charge < -0.3 is 4.74 Å². The molecule has 1 aliphatic rings. The van der Waals surface area contributed by atoms with Crippen LogP contribution in [0.5, 0.6) is 0 Å². The predicted molar refractivity (Wildman–Crippen MR) is 69.7 cm³/mol. The van der Waals surface area contributed by atoms with E-state index >= 15 is 0 Å². The molecular weight excluding hydrogens is 264 g/mol. The van der Waals surface area contributed by atoms with E-state index in [1.165, 1.54) is 7.11 Å². The minimum Gasteiger partial charge on any atom is -0.349 e. The molecule has 0 saturated carbocycles. The van der Waals surface area contributed by atoms with Gasteiger partial charge in [-0.3, -0.25) is 20.0 Å². The Morgan fingerprint density at radius 1 is 1.25 bits per heavy atom. The minimum atomic E-state index is -1.87. The summed E-state index contributed by atoms with van der Waals surface area (Å²) in [5.74, 6) is -2.30. The van der Waals surface area contributed by atoms with E-state index in [1.54, 1.807) is 20.8 Å². The fraction of sp³-hybridized carbons (Fsp3) is 0.846. The van der Waals surface area contributed by atoms with E-state index in [0.717, 1.165) is 0 Å². The van der Waals surface area contributed by atoms with Crippen molar-refractivity contribution in [3.63, 3.8) is 0 Å². The number of hydroxylamine groups is 4. The van der Waals surface area contributed by atoms with Gasteiger partial charge in [-0.2, -0.15) is 5.06 Å². The Hall–Kier alpha value is -1.18. The van der Waals surface area contributed by atoms with Crippen LogP contribution in [-0.2, 0) is 14.3 Å². The maximum Gasteiger partial charge on any atom is 0.302 e. The first-order chi connectivity index (χ1) is 9.29. The third kappa shape index (κ3) is 2.19. The summed E-state index contributed by atoms with van der Waals surface area (Å²) in [6, 6.07) is -1.09. The number of methoxy groups -OCH3 is 1. The molecule has 0 aromatic rings. The van der Waals surface area contributed by atoms with E-state index < -0.39 is 29.5 Å². The van der Waals surface area contributed by atoms with Crippen LogP contribution in [0.15, 0.2) is 0 Å². The van der Waals surface area contributed by atoms with Crippen LogP contribution in [-0.4, -0.2) is 51.2 Å². The maximum atomic E-state index is 12.5. The number of piperazine rings is 1. The summed E-state index contributed by atoms with van der Waals surface area (Å²) in [5, 5.41) is 21.0. The minimum absolute atomic E-state index is 0.280. The monoisotopic (exact) mass is 288 g/mol. The molecule has 0 radical (unpaired) electrons. The topological polar surface area (TPSA) is 90.3 Å². The highest BCUT2D eigenvalue weighted by Gasteiger charge is 2.60. The molecule has 1 saturated heterocycles. The molecule has 7 nitrogen and oxygen atoms in total. The van der Waals surface area contributed by atoms with Crippen molar-refractivity contribution in [3.8, 4) is 0 Å². The highest BCUT2D eigenvalue weighted by molar-refractivity contribution is 5.97. The lowest BCUT2D eigenvalue weighted by molar-refractivity contribution is -0.308. The van der Waals surface area contributed by atoms with Gasteiger partial charge in [0.2, 0.25) is 0 Å². The highest BCUT2D eigenvalue weighted by Crippen LogP contribution is 2.36. The zero-order valence-electron chi connectivity index (χ0n) is 12.7. The van der Waals surface area contributed by atoms with Crippen molar-refractivity contribution < 1.29 is 24.7 Å². The Balaban J connectivity index is 3.29. The Bertz CT molecular complexity index is 389. The molecular formula is C13H24N2O5. The van der Waals surface area contributed by atoms with E-state index in [9.17, 15) is 20.0 Å².